The fourth-order valence-electron chi connectivity index (χ4n) is 1.21. The van der Waals surface area contributed by atoms with Crippen molar-refractivity contribution in [3.05, 3.63) is 41.9 Å². The van der Waals surface area contributed by atoms with E-state index in [9.17, 15) is 0 Å². The number of hydrogen-bond acceptors (Lipinski definition) is 6. The number of aryl methyl sites for hydroxylation is 1. The molecule has 0 aliphatic rings. The largest absolute Gasteiger partial charge is 0.409 e. The molecule has 0 spiro atoms. The Morgan fingerprint density at radius 3 is 2.72 bits per heavy atom. The third-order valence-electron chi connectivity index (χ3n) is 2.09. The van der Waals surface area contributed by atoms with E-state index in [1.165, 1.54) is 11.8 Å². The molecule has 2 heterocycles. The maximum Gasteiger partial charge on any atom is 0.193 e. The Hall–Kier alpha value is -2.15. The highest BCUT2D eigenvalue weighted by Gasteiger charge is 2.05. The first-order valence-corrected chi connectivity index (χ1v) is 5.91. The van der Waals surface area contributed by atoms with Gasteiger partial charge in [-0.15, -0.1) is 0 Å². The molecule has 2 rings (SSSR count). The molecule has 0 unspecified atom stereocenters. The van der Waals surface area contributed by atoms with Gasteiger partial charge >= 0.3 is 0 Å². The summed E-state index contributed by atoms with van der Waals surface area (Å²) in [5.74, 6) is 0.0454. The molecule has 0 fully saturated rings. The van der Waals surface area contributed by atoms with Crippen molar-refractivity contribution in [2.24, 2.45) is 10.9 Å². The minimum Gasteiger partial charge on any atom is -0.409 e. The molecular weight excluding hydrogens is 250 g/mol. The zero-order chi connectivity index (χ0) is 13.0. The molecule has 0 saturated heterocycles. The second kappa shape index (κ2) is 5.46. The van der Waals surface area contributed by atoms with E-state index < -0.39 is 0 Å². The van der Waals surface area contributed by atoms with Crippen molar-refractivity contribution in [2.45, 2.75) is 17.1 Å². The van der Waals surface area contributed by atoms with E-state index in [4.69, 9.17) is 10.9 Å². The van der Waals surface area contributed by atoms with Gasteiger partial charge in [0, 0.05) is 24.2 Å². The molecule has 0 aliphatic heterocycles. The van der Waals surface area contributed by atoms with Crippen LogP contribution < -0.4 is 5.73 Å². The minimum absolute atomic E-state index is 0.0454. The van der Waals surface area contributed by atoms with Gasteiger partial charge in [-0.3, -0.25) is 0 Å². The zero-order valence-corrected chi connectivity index (χ0v) is 10.4. The lowest BCUT2D eigenvalue weighted by atomic mass is 10.2. The lowest BCUT2D eigenvalue weighted by Crippen LogP contribution is -2.13. The average molecular weight is 261 g/mol. The minimum atomic E-state index is 0.0454. The van der Waals surface area contributed by atoms with Crippen LogP contribution in [0.25, 0.3) is 0 Å². The lowest BCUT2D eigenvalue weighted by molar-refractivity contribution is 0.318. The molecule has 0 aromatic carbocycles. The molecule has 0 saturated carbocycles. The first-order valence-electron chi connectivity index (χ1n) is 5.09. The van der Waals surface area contributed by atoms with E-state index in [2.05, 4.69) is 20.1 Å². The van der Waals surface area contributed by atoms with Crippen LogP contribution >= 0.6 is 11.8 Å². The molecule has 0 atom stereocenters. The van der Waals surface area contributed by atoms with Crippen molar-refractivity contribution in [1.29, 1.82) is 0 Å². The van der Waals surface area contributed by atoms with Gasteiger partial charge in [0.25, 0.3) is 0 Å². The quantitative estimate of drug-likeness (QED) is 0.285. The summed E-state index contributed by atoms with van der Waals surface area (Å²) in [4.78, 5) is 12.5. The highest BCUT2D eigenvalue weighted by atomic mass is 32.2. The number of oxime groups is 1. The van der Waals surface area contributed by atoms with Crippen LogP contribution in [0.4, 0.5) is 0 Å². The van der Waals surface area contributed by atoms with Crippen molar-refractivity contribution >= 4 is 17.6 Å². The lowest BCUT2D eigenvalue weighted by Gasteiger charge is -2.02. The van der Waals surface area contributed by atoms with Crippen LogP contribution in [0.15, 0.2) is 46.1 Å². The molecule has 92 valence electrons. The Morgan fingerprint density at radius 2 is 2.06 bits per heavy atom. The molecule has 18 heavy (non-hydrogen) atoms. The Labute approximate surface area is 108 Å². The van der Waals surface area contributed by atoms with Crippen molar-refractivity contribution < 1.29 is 5.21 Å². The molecule has 0 bridgehead atoms. The summed E-state index contributed by atoms with van der Waals surface area (Å²) in [6.45, 7) is 1.92. The molecule has 2 aromatic rings. The molecule has 6 nitrogen and oxygen atoms in total. The summed E-state index contributed by atoms with van der Waals surface area (Å²) in [7, 11) is 0. The van der Waals surface area contributed by atoms with E-state index in [0.29, 0.717) is 15.7 Å². The van der Waals surface area contributed by atoms with Gasteiger partial charge in [0.15, 0.2) is 11.0 Å². The van der Waals surface area contributed by atoms with Gasteiger partial charge in [-0.2, -0.15) is 0 Å². The Balaban J connectivity index is 2.22. The Kier molecular flexibility index (Phi) is 3.73. The van der Waals surface area contributed by atoms with Crippen LogP contribution in [0.5, 0.6) is 0 Å². The summed E-state index contributed by atoms with van der Waals surface area (Å²) >= 11 is 1.31. The maximum absolute atomic E-state index is 8.61. The van der Waals surface area contributed by atoms with Crippen LogP contribution in [0.3, 0.4) is 0 Å². The van der Waals surface area contributed by atoms with E-state index in [1.807, 2.05) is 6.92 Å². The Bertz CT molecular complexity index is 570. The van der Waals surface area contributed by atoms with Gasteiger partial charge in [0.05, 0.1) is 0 Å². The van der Waals surface area contributed by atoms with Crippen molar-refractivity contribution in [3.8, 4) is 0 Å². The van der Waals surface area contributed by atoms with E-state index in [0.717, 1.165) is 5.56 Å². The summed E-state index contributed by atoms with van der Waals surface area (Å²) in [5, 5.41) is 12.8. The van der Waals surface area contributed by atoms with Gasteiger partial charge in [-0.25, -0.2) is 15.0 Å². The number of amidine groups is 1. The van der Waals surface area contributed by atoms with Gasteiger partial charge in [0.2, 0.25) is 0 Å². The second-order valence-electron chi connectivity index (χ2n) is 3.51. The monoisotopic (exact) mass is 261 g/mol. The van der Waals surface area contributed by atoms with Crippen LogP contribution in [0.1, 0.15) is 11.1 Å². The van der Waals surface area contributed by atoms with Crippen LogP contribution in [0, 0.1) is 6.92 Å². The predicted octanol–water partition coefficient (Wildman–Crippen LogP) is 1.43. The predicted molar refractivity (Wildman–Crippen MR) is 67.6 cm³/mol. The standard InChI is InChI=1S/C11H11N5OS/c1-7-5-14-11(15-6-7)18-9-4-8(2-3-13-9)10(12)16-17/h2-6,17H,1H3,(H2,12,16). The molecule has 2 aromatic heterocycles. The van der Waals surface area contributed by atoms with Gasteiger partial charge < -0.3 is 10.9 Å². The van der Waals surface area contributed by atoms with Gasteiger partial charge in [0.1, 0.15) is 5.03 Å². The van der Waals surface area contributed by atoms with E-state index in [-0.39, 0.29) is 5.84 Å². The fourth-order valence-corrected chi connectivity index (χ4v) is 1.91. The summed E-state index contributed by atoms with van der Waals surface area (Å²) in [6.07, 6.45) is 5.06. The normalized spacial score (nSPS) is 11.5. The van der Waals surface area contributed by atoms with Crippen molar-refractivity contribution in [3.63, 3.8) is 0 Å². The first kappa shape index (κ1) is 12.3. The molecule has 3 N–H and O–H groups in total. The molecular formula is C11H11N5OS. The SMILES string of the molecule is Cc1cnc(Sc2cc(/C(N)=N/O)ccn2)nc1. The zero-order valence-electron chi connectivity index (χ0n) is 9.61. The number of hydrogen-bond donors (Lipinski definition) is 2. The number of rotatable bonds is 3. The smallest absolute Gasteiger partial charge is 0.193 e. The fraction of sp³-hybridized carbons (Fsp3) is 0.0909. The molecule has 0 radical (unpaired) electrons. The summed E-state index contributed by atoms with van der Waals surface area (Å²) in [5.41, 5.74) is 7.11. The number of pyridine rings is 1. The third-order valence-corrected chi connectivity index (χ3v) is 2.92. The maximum atomic E-state index is 8.61. The van der Waals surface area contributed by atoms with Crippen molar-refractivity contribution in [2.75, 3.05) is 0 Å². The molecule has 0 amide bonds. The highest BCUT2D eigenvalue weighted by Crippen LogP contribution is 2.22. The van der Waals surface area contributed by atoms with Crippen LogP contribution in [-0.4, -0.2) is 26.0 Å². The van der Waals surface area contributed by atoms with Crippen LogP contribution in [-0.2, 0) is 0 Å². The van der Waals surface area contributed by atoms with E-state index >= 15 is 0 Å². The third kappa shape index (κ3) is 2.95. The van der Waals surface area contributed by atoms with Crippen LogP contribution in [0.2, 0.25) is 0 Å². The molecule has 0 aliphatic carbocycles. The number of aromatic nitrogens is 3. The van der Waals surface area contributed by atoms with Crippen molar-refractivity contribution in [1.82, 2.24) is 15.0 Å². The second-order valence-corrected chi connectivity index (χ2v) is 4.50. The first-order chi connectivity index (χ1) is 8.69. The average Bonchev–Trinajstić information content (AvgIpc) is 2.41. The summed E-state index contributed by atoms with van der Waals surface area (Å²) in [6, 6.07) is 3.37. The van der Waals surface area contributed by atoms with Gasteiger partial charge in [-0.05, 0) is 36.4 Å². The van der Waals surface area contributed by atoms with Gasteiger partial charge in [-0.1, -0.05) is 5.16 Å². The van der Waals surface area contributed by atoms with E-state index in [1.54, 1.807) is 30.7 Å². The Morgan fingerprint density at radius 1 is 1.33 bits per heavy atom. The number of nitrogens with two attached hydrogens (primary N) is 1. The summed E-state index contributed by atoms with van der Waals surface area (Å²) < 4.78 is 0. The molecule has 7 heteroatoms. The number of nitrogens with zero attached hydrogens (tertiary/aromatic N) is 4. The topological polar surface area (TPSA) is 97.3 Å². The highest BCUT2D eigenvalue weighted by molar-refractivity contribution is 7.99.